The Morgan fingerprint density at radius 1 is 0.541 bits per heavy atom. The van der Waals surface area contributed by atoms with Crippen molar-refractivity contribution in [1.82, 2.24) is 0 Å². The Bertz CT molecular complexity index is 1260. The van der Waals surface area contributed by atoms with Gasteiger partial charge in [-0.1, -0.05) is 82.2 Å². The topological polar surface area (TPSA) is 0 Å². The lowest BCUT2D eigenvalue weighted by Crippen LogP contribution is -1.95. The maximum atomic E-state index is 2.47. The second-order valence-electron chi connectivity index (χ2n) is 10.7. The van der Waals surface area contributed by atoms with Gasteiger partial charge in [0.1, 0.15) is 0 Å². The molecule has 0 aliphatic heterocycles. The van der Waals surface area contributed by atoms with Crippen molar-refractivity contribution in [3.05, 3.63) is 69.1 Å². The van der Waals surface area contributed by atoms with Crippen LogP contribution in [0.2, 0.25) is 0 Å². The van der Waals surface area contributed by atoms with E-state index in [-0.39, 0.29) is 0 Å². The molecule has 3 heteroatoms. The fourth-order valence-electron chi connectivity index (χ4n) is 5.15. The highest BCUT2D eigenvalue weighted by molar-refractivity contribution is 7.27. The largest absolute Gasteiger partial charge is 0.139 e. The van der Waals surface area contributed by atoms with Crippen LogP contribution in [0.4, 0.5) is 0 Å². The molecule has 4 aromatic rings. The van der Waals surface area contributed by atoms with Crippen molar-refractivity contribution in [2.75, 3.05) is 0 Å². The highest BCUT2D eigenvalue weighted by Gasteiger charge is 2.23. The fourth-order valence-corrected chi connectivity index (χ4v) is 9.02. The van der Waals surface area contributed by atoms with E-state index in [1.54, 1.807) is 20.9 Å². The molecular weight excluding hydrogens is 505 g/mol. The van der Waals surface area contributed by atoms with Gasteiger partial charge in [-0.15, -0.1) is 34.0 Å². The molecule has 0 atom stereocenters. The SMILES string of the molecule is CCCCCCc1c(-c2cc(C)c(C)s2)sc(-c2cc(C)c(-c3ccc(C)cc3)s2)c1CCCCCC. The minimum Gasteiger partial charge on any atom is -0.139 e. The van der Waals surface area contributed by atoms with Crippen LogP contribution in [0.15, 0.2) is 36.4 Å². The second kappa shape index (κ2) is 13.4. The van der Waals surface area contributed by atoms with Crippen LogP contribution in [0.3, 0.4) is 0 Å². The van der Waals surface area contributed by atoms with Gasteiger partial charge in [-0.2, -0.15) is 0 Å². The van der Waals surface area contributed by atoms with Crippen LogP contribution in [0.1, 0.15) is 97.9 Å². The fraction of sp³-hybridized carbons (Fsp3) is 0.471. The maximum absolute atomic E-state index is 2.47. The summed E-state index contributed by atoms with van der Waals surface area (Å²) in [7, 11) is 0. The van der Waals surface area contributed by atoms with Gasteiger partial charge in [0.25, 0.3) is 0 Å². The van der Waals surface area contributed by atoms with Crippen LogP contribution < -0.4 is 0 Å². The summed E-state index contributed by atoms with van der Waals surface area (Å²) in [5, 5.41) is 0. The summed E-state index contributed by atoms with van der Waals surface area (Å²) >= 11 is 6.08. The smallest absolute Gasteiger partial charge is 0.0484 e. The van der Waals surface area contributed by atoms with Crippen molar-refractivity contribution in [1.29, 1.82) is 0 Å². The molecule has 37 heavy (non-hydrogen) atoms. The van der Waals surface area contributed by atoms with E-state index in [4.69, 9.17) is 0 Å². The van der Waals surface area contributed by atoms with Crippen molar-refractivity contribution in [3.8, 4) is 29.9 Å². The lowest BCUT2D eigenvalue weighted by Gasteiger charge is -2.09. The van der Waals surface area contributed by atoms with Crippen LogP contribution >= 0.6 is 34.0 Å². The Hall–Kier alpha value is -1.68. The summed E-state index contributed by atoms with van der Waals surface area (Å²) in [6.45, 7) is 13.6. The molecule has 198 valence electrons. The zero-order valence-corrected chi connectivity index (χ0v) is 26.2. The first-order valence-corrected chi connectivity index (χ1v) is 16.8. The van der Waals surface area contributed by atoms with Crippen molar-refractivity contribution in [3.63, 3.8) is 0 Å². The Balaban J connectivity index is 1.80. The van der Waals surface area contributed by atoms with Gasteiger partial charge in [0.15, 0.2) is 0 Å². The lowest BCUT2D eigenvalue weighted by atomic mass is 9.96. The van der Waals surface area contributed by atoms with Gasteiger partial charge in [-0.05, 0) is 93.3 Å². The molecule has 0 nitrogen and oxygen atoms in total. The van der Waals surface area contributed by atoms with Crippen LogP contribution in [0.25, 0.3) is 29.9 Å². The third kappa shape index (κ3) is 6.85. The standard InChI is InChI=1S/C34H44S3/c1-7-9-11-13-15-28-29(16-14-12-10-8-2)34(37-33(28)30-21-24(4)26(6)35-30)31-22-25(5)32(36-31)27-19-17-23(3)18-20-27/h17-22H,7-16H2,1-6H3. The molecular formula is C34H44S3. The van der Waals surface area contributed by atoms with Crippen LogP contribution in [0, 0.1) is 27.7 Å². The first-order valence-electron chi connectivity index (χ1n) is 14.3. The molecule has 4 rings (SSSR count). The molecule has 0 spiro atoms. The van der Waals surface area contributed by atoms with Crippen LogP contribution in [-0.4, -0.2) is 0 Å². The van der Waals surface area contributed by atoms with Crippen molar-refractivity contribution in [2.24, 2.45) is 0 Å². The minimum atomic E-state index is 1.22. The summed E-state index contributed by atoms with van der Waals surface area (Å²) in [6.07, 6.45) is 13.0. The molecule has 0 aliphatic carbocycles. The number of rotatable bonds is 13. The Morgan fingerprint density at radius 3 is 1.59 bits per heavy atom. The molecule has 0 amide bonds. The van der Waals surface area contributed by atoms with E-state index in [2.05, 4.69) is 89.3 Å². The van der Waals surface area contributed by atoms with Gasteiger partial charge < -0.3 is 0 Å². The molecule has 3 aromatic heterocycles. The van der Waals surface area contributed by atoms with Crippen molar-refractivity contribution >= 4 is 34.0 Å². The monoisotopic (exact) mass is 548 g/mol. The lowest BCUT2D eigenvalue weighted by molar-refractivity contribution is 0.653. The van der Waals surface area contributed by atoms with E-state index in [1.165, 1.54) is 106 Å². The highest BCUT2D eigenvalue weighted by atomic mass is 32.1. The number of thiophene rings is 3. The molecule has 0 unspecified atom stereocenters. The van der Waals surface area contributed by atoms with Gasteiger partial charge in [-0.3, -0.25) is 0 Å². The molecule has 0 fully saturated rings. The van der Waals surface area contributed by atoms with Gasteiger partial charge in [0, 0.05) is 29.3 Å². The predicted molar refractivity (Wildman–Crippen MR) is 171 cm³/mol. The van der Waals surface area contributed by atoms with E-state index >= 15 is 0 Å². The summed E-state index contributed by atoms with van der Waals surface area (Å²) in [6, 6.07) is 14.0. The number of hydrogen-bond acceptors (Lipinski definition) is 3. The zero-order valence-electron chi connectivity index (χ0n) is 23.8. The maximum Gasteiger partial charge on any atom is 0.0484 e. The quantitative estimate of drug-likeness (QED) is 0.146. The number of unbranched alkanes of at least 4 members (excludes halogenated alkanes) is 6. The predicted octanol–water partition coefficient (Wildman–Crippen LogP) is 12.4. The summed E-state index contributed by atoms with van der Waals surface area (Å²) < 4.78 is 0. The number of hydrogen-bond donors (Lipinski definition) is 0. The highest BCUT2D eigenvalue weighted by Crippen LogP contribution is 2.49. The normalized spacial score (nSPS) is 11.5. The summed E-state index contributed by atoms with van der Waals surface area (Å²) in [5.74, 6) is 0. The van der Waals surface area contributed by atoms with Crippen LogP contribution in [0.5, 0.6) is 0 Å². The molecule has 0 aliphatic rings. The van der Waals surface area contributed by atoms with Gasteiger partial charge in [0.2, 0.25) is 0 Å². The van der Waals surface area contributed by atoms with E-state index in [0.717, 1.165) is 0 Å². The van der Waals surface area contributed by atoms with E-state index in [1.807, 2.05) is 22.7 Å². The molecule has 0 radical (unpaired) electrons. The molecule has 0 saturated carbocycles. The Labute approximate surface area is 237 Å². The summed E-state index contributed by atoms with van der Waals surface area (Å²) in [4.78, 5) is 8.94. The zero-order chi connectivity index (χ0) is 26.4. The third-order valence-corrected chi connectivity index (χ3v) is 11.6. The molecule has 0 N–H and O–H groups in total. The number of aryl methyl sites for hydroxylation is 4. The van der Waals surface area contributed by atoms with E-state index < -0.39 is 0 Å². The first kappa shape index (κ1) is 28.3. The molecule has 3 heterocycles. The first-order chi connectivity index (χ1) is 17.9. The van der Waals surface area contributed by atoms with Crippen molar-refractivity contribution in [2.45, 2.75) is 106 Å². The molecule has 0 saturated heterocycles. The van der Waals surface area contributed by atoms with Gasteiger partial charge in [-0.25, -0.2) is 0 Å². The summed E-state index contributed by atoms with van der Waals surface area (Å²) in [5.41, 5.74) is 8.84. The second-order valence-corrected chi connectivity index (χ2v) is 14.0. The average Bonchev–Trinajstić information content (AvgIpc) is 3.55. The minimum absolute atomic E-state index is 1.22. The Kier molecular flexibility index (Phi) is 10.3. The van der Waals surface area contributed by atoms with Gasteiger partial charge in [0.05, 0.1) is 0 Å². The van der Waals surface area contributed by atoms with E-state index in [0.29, 0.717) is 0 Å². The van der Waals surface area contributed by atoms with Gasteiger partial charge >= 0.3 is 0 Å². The molecule has 1 aromatic carbocycles. The van der Waals surface area contributed by atoms with Crippen LogP contribution in [-0.2, 0) is 12.8 Å². The molecule has 0 bridgehead atoms. The van der Waals surface area contributed by atoms with Crippen molar-refractivity contribution < 1.29 is 0 Å². The average molecular weight is 549 g/mol. The third-order valence-electron chi connectivity index (χ3n) is 7.52. The Morgan fingerprint density at radius 2 is 1.08 bits per heavy atom. The van der Waals surface area contributed by atoms with E-state index in [9.17, 15) is 0 Å². The number of benzene rings is 1.